The molecule has 2 unspecified atom stereocenters. The van der Waals surface area contributed by atoms with Crippen molar-refractivity contribution in [2.75, 3.05) is 37.7 Å². The molecule has 30 heavy (non-hydrogen) atoms. The van der Waals surface area contributed by atoms with Crippen molar-refractivity contribution < 1.29 is 9.13 Å². The van der Waals surface area contributed by atoms with E-state index in [-0.39, 0.29) is 5.54 Å². The van der Waals surface area contributed by atoms with Crippen LogP contribution in [-0.2, 0) is 0 Å². The van der Waals surface area contributed by atoms with Crippen molar-refractivity contribution in [1.82, 2.24) is 20.2 Å². The van der Waals surface area contributed by atoms with E-state index in [4.69, 9.17) is 14.7 Å². The highest BCUT2D eigenvalue weighted by molar-refractivity contribution is 5.90. The Bertz CT molecular complexity index is 958. The Morgan fingerprint density at radius 2 is 2.03 bits per heavy atom. The van der Waals surface area contributed by atoms with Gasteiger partial charge in [-0.1, -0.05) is 6.07 Å². The van der Waals surface area contributed by atoms with Crippen molar-refractivity contribution in [1.29, 1.82) is 0 Å². The summed E-state index contributed by atoms with van der Waals surface area (Å²) in [7, 11) is 0. The molecule has 0 saturated carbocycles. The fraction of sp³-hybridized carbons (Fsp3) is 0.652. The first-order chi connectivity index (χ1) is 14.6. The molecule has 0 spiro atoms. The fourth-order valence-corrected chi connectivity index (χ4v) is 6.13. The molecule has 4 saturated heterocycles. The smallest absolute Gasteiger partial charge is 0.319 e. The van der Waals surface area contributed by atoms with Crippen LogP contribution in [0.5, 0.6) is 6.01 Å². The molecule has 1 aromatic heterocycles. The second-order valence-corrected chi connectivity index (χ2v) is 9.76. The van der Waals surface area contributed by atoms with Crippen LogP contribution in [-0.4, -0.2) is 71.4 Å². The van der Waals surface area contributed by atoms with E-state index in [1.807, 2.05) is 0 Å². The summed E-state index contributed by atoms with van der Waals surface area (Å²) >= 11 is 0. The largest absolute Gasteiger partial charge is 0.461 e. The maximum absolute atomic E-state index is 14.1. The maximum Gasteiger partial charge on any atom is 0.319 e. The van der Waals surface area contributed by atoms with Gasteiger partial charge in [-0.05, 0) is 56.8 Å². The Morgan fingerprint density at radius 3 is 2.87 bits per heavy atom. The summed E-state index contributed by atoms with van der Waals surface area (Å²) in [4.78, 5) is 14.3. The molecule has 4 fully saturated rings. The highest BCUT2D eigenvalue weighted by Gasteiger charge is 2.49. The van der Waals surface area contributed by atoms with Gasteiger partial charge in [0.15, 0.2) is 0 Å². The van der Waals surface area contributed by atoms with E-state index < -0.39 is 6.17 Å². The van der Waals surface area contributed by atoms with E-state index in [0.29, 0.717) is 37.7 Å². The molecule has 160 valence electrons. The SMILES string of the molecule is Cc1ccc2c(N3CC4CCC(C3)N4)nc(OC[C@]34CCCN3C[C@@H](F)C4)nc2c1. The molecule has 1 aromatic carbocycles. The van der Waals surface area contributed by atoms with Crippen LogP contribution in [0.3, 0.4) is 0 Å². The van der Waals surface area contributed by atoms with Crippen LogP contribution in [0.4, 0.5) is 10.2 Å². The normalized spacial score (nSPS) is 33.4. The van der Waals surface area contributed by atoms with Gasteiger partial charge < -0.3 is 15.0 Å². The van der Waals surface area contributed by atoms with Crippen LogP contribution in [0.25, 0.3) is 10.9 Å². The molecule has 0 radical (unpaired) electrons. The van der Waals surface area contributed by atoms with Crippen LogP contribution in [0.1, 0.15) is 37.7 Å². The number of nitrogens with one attached hydrogen (secondary N) is 1. The fourth-order valence-electron chi connectivity index (χ4n) is 6.13. The van der Waals surface area contributed by atoms with Gasteiger partial charge in [-0.25, -0.2) is 4.39 Å². The molecular weight excluding hydrogens is 381 g/mol. The van der Waals surface area contributed by atoms with Crippen molar-refractivity contribution in [3.05, 3.63) is 23.8 Å². The minimum absolute atomic E-state index is 0.182. The van der Waals surface area contributed by atoms with Gasteiger partial charge in [-0.15, -0.1) is 0 Å². The monoisotopic (exact) mass is 411 g/mol. The Kier molecular flexibility index (Phi) is 4.39. The van der Waals surface area contributed by atoms with Crippen molar-refractivity contribution in [3.63, 3.8) is 0 Å². The van der Waals surface area contributed by atoms with Gasteiger partial charge in [-0.2, -0.15) is 9.97 Å². The van der Waals surface area contributed by atoms with E-state index in [9.17, 15) is 4.39 Å². The molecule has 2 bridgehead atoms. The van der Waals surface area contributed by atoms with Crippen molar-refractivity contribution >= 4 is 16.7 Å². The van der Waals surface area contributed by atoms with E-state index in [0.717, 1.165) is 49.2 Å². The lowest BCUT2D eigenvalue weighted by Gasteiger charge is -2.34. The summed E-state index contributed by atoms with van der Waals surface area (Å²) in [5.41, 5.74) is 1.92. The van der Waals surface area contributed by atoms with Crippen molar-refractivity contribution in [3.8, 4) is 6.01 Å². The Balaban J connectivity index is 1.32. The van der Waals surface area contributed by atoms with Crippen molar-refractivity contribution in [2.24, 2.45) is 0 Å². The summed E-state index contributed by atoms with van der Waals surface area (Å²) < 4.78 is 20.3. The first-order valence-electron chi connectivity index (χ1n) is 11.4. The lowest BCUT2D eigenvalue weighted by atomic mass is 9.95. The summed E-state index contributed by atoms with van der Waals surface area (Å²) in [5, 5.41) is 4.78. The quantitative estimate of drug-likeness (QED) is 0.835. The number of rotatable bonds is 4. The maximum atomic E-state index is 14.1. The van der Waals surface area contributed by atoms with Gasteiger partial charge in [0.2, 0.25) is 0 Å². The summed E-state index contributed by atoms with van der Waals surface area (Å²) in [6.45, 7) is 6.00. The molecule has 1 N–H and O–H groups in total. The molecule has 6 nitrogen and oxygen atoms in total. The molecule has 0 amide bonds. The first kappa shape index (κ1) is 18.8. The third-order valence-electron chi connectivity index (χ3n) is 7.56. The average Bonchev–Trinajstić information content (AvgIpc) is 3.36. The summed E-state index contributed by atoms with van der Waals surface area (Å²) in [5.74, 6) is 0.976. The zero-order chi connectivity index (χ0) is 20.3. The number of nitrogens with zero attached hydrogens (tertiary/aromatic N) is 4. The number of alkyl halides is 1. The number of fused-ring (bicyclic) bond motifs is 4. The van der Waals surface area contributed by atoms with Gasteiger partial charge in [0, 0.05) is 43.5 Å². The van der Waals surface area contributed by atoms with E-state index in [1.165, 1.54) is 18.4 Å². The molecule has 6 rings (SSSR count). The summed E-state index contributed by atoms with van der Waals surface area (Å²) in [6.07, 6.45) is 4.39. The van der Waals surface area contributed by atoms with Crippen molar-refractivity contribution in [2.45, 2.75) is 62.8 Å². The lowest BCUT2D eigenvalue weighted by Crippen LogP contribution is -2.51. The molecule has 4 aliphatic rings. The van der Waals surface area contributed by atoms with Gasteiger partial charge in [0.25, 0.3) is 0 Å². The Morgan fingerprint density at radius 1 is 1.20 bits per heavy atom. The minimum Gasteiger partial charge on any atom is -0.461 e. The number of piperazine rings is 1. The van der Waals surface area contributed by atoms with E-state index in [2.05, 4.69) is 40.2 Å². The highest BCUT2D eigenvalue weighted by Crippen LogP contribution is 2.40. The van der Waals surface area contributed by atoms with Gasteiger partial charge in [0.05, 0.1) is 11.1 Å². The summed E-state index contributed by atoms with van der Waals surface area (Å²) in [6, 6.07) is 7.87. The lowest BCUT2D eigenvalue weighted by molar-refractivity contribution is 0.107. The van der Waals surface area contributed by atoms with Gasteiger partial charge >= 0.3 is 6.01 Å². The number of ether oxygens (including phenoxy) is 1. The predicted octanol–water partition coefficient (Wildman–Crippen LogP) is 2.83. The predicted molar refractivity (Wildman–Crippen MR) is 115 cm³/mol. The van der Waals surface area contributed by atoms with E-state index >= 15 is 0 Å². The number of hydrogen-bond donors (Lipinski definition) is 1. The van der Waals surface area contributed by atoms with Crippen LogP contribution in [0, 0.1) is 6.92 Å². The van der Waals surface area contributed by atoms with Gasteiger partial charge in [0.1, 0.15) is 18.6 Å². The first-order valence-corrected chi connectivity index (χ1v) is 11.4. The van der Waals surface area contributed by atoms with Crippen LogP contribution < -0.4 is 15.0 Å². The third-order valence-corrected chi connectivity index (χ3v) is 7.56. The zero-order valence-corrected chi connectivity index (χ0v) is 17.6. The third kappa shape index (κ3) is 3.14. The Labute approximate surface area is 176 Å². The van der Waals surface area contributed by atoms with E-state index in [1.54, 1.807) is 0 Å². The number of anilines is 1. The molecule has 0 aliphatic carbocycles. The Hall–Kier alpha value is -1.99. The minimum atomic E-state index is -0.749. The zero-order valence-electron chi connectivity index (χ0n) is 17.6. The molecular formula is C23H30FN5O. The molecule has 7 heteroatoms. The second-order valence-electron chi connectivity index (χ2n) is 9.76. The number of aromatic nitrogens is 2. The molecule has 4 aliphatic heterocycles. The highest BCUT2D eigenvalue weighted by atomic mass is 19.1. The average molecular weight is 412 g/mol. The van der Waals surface area contributed by atoms with Crippen LogP contribution in [0.15, 0.2) is 18.2 Å². The number of benzene rings is 1. The van der Waals surface area contributed by atoms with Crippen LogP contribution in [0.2, 0.25) is 0 Å². The van der Waals surface area contributed by atoms with Crippen LogP contribution >= 0.6 is 0 Å². The second kappa shape index (κ2) is 7.02. The standard InChI is InChI=1S/C23H30FN5O/c1-15-3-6-19-20(9-15)26-22(27-21(19)28-12-17-4-5-18(13-28)25-17)30-14-23-7-2-8-29(23)11-16(24)10-23/h3,6,9,16-18,25H,2,4-5,7-8,10-14H2,1H3/t16-,17?,18?,23+/m0/s1. The molecule has 2 aromatic rings. The molecule has 4 atom stereocenters. The molecule has 5 heterocycles. The van der Waals surface area contributed by atoms with Gasteiger partial charge in [-0.3, -0.25) is 4.90 Å². The number of aryl methyl sites for hydroxylation is 1. The number of hydrogen-bond acceptors (Lipinski definition) is 6. The number of halogens is 1. The topological polar surface area (TPSA) is 53.5 Å².